The van der Waals surface area contributed by atoms with Crippen molar-refractivity contribution in [1.29, 1.82) is 0 Å². The fraction of sp³-hybridized carbons (Fsp3) is 0.250. The third-order valence-corrected chi connectivity index (χ3v) is 4.64. The number of aryl methyl sites for hydroxylation is 1. The van der Waals surface area contributed by atoms with Crippen molar-refractivity contribution in [3.8, 4) is 0 Å². The van der Waals surface area contributed by atoms with Gasteiger partial charge in [0.15, 0.2) is 0 Å². The molecule has 0 aliphatic heterocycles. The number of H-pyrrole nitrogens is 1. The van der Waals surface area contributed by atoms with Crippen molar-refractivity contribution in [2.75, 3.05) is 7.05 Å². The molecule has 2 N–H and O–H groups in total. The number of rotatable bonds is 5. The van der Waals surface area contributed by atoms with E-state index in [0.29, 0.717) is 6.54 Å². The second-order valence-corrected chi connectivity index (χ2v) is 6.41. The van der Waals surface area contributed by atoms with Crippen LogP contribution in [-0.2, 0) is 6.54 Å². The maximum atomic E-state index is 13.3. The van der Waals surface area contributed by atoms with Crippen LogP contribution < -0.4 is 4.90 Å². The smallest absolute Gasteiger partial charge is 0.222 e. The minimum absolute atomic E-state index is 0.110. The quantitative estimate of drug-likeness (QED) is 0.696. The van der Waals surface area contributed by atoms with Crippen LogP contribution in [0.1, 0.15) is 28.5 Å². The normalized spacial score (nSPS) is 13.8. The van der Waals surface area contributed by atoms with Crippen LogP contribution in [0.5, 0.6) is 0 Å². The number of quaternary nitrogens is 1. The van der Waals surface area contributed by atoms with Crippen LogP contribution in [-0.4, -0.2) is 23.9 Å². The molecule has 4 heteroatoms. The molecule has 1 heterocycles. The van der Waals surface area contributed by atoms with Gasteiger partial charge in [0.25, 0.3) is 0 Å². The number of fused-ring (bicyclic) bond motifs is 1. The highest BCUT2D eigenvalue weighted by molar-refractivity contribution is 6.10. The first kappa shape index (κ1) is 16.4. The Bertz CT molecular complexity index is 884. The van der Waals surface area contributed by atoms with E-state index >= 15 is 0 Å². The number of hydrogen-bond acceptors (Lipinski definition) is 1. The maximum absolute atomic E-state index is 13.3. The molecule has 3 aromatic rings. The molecule has 0 aliphatic rings. The summed E-state index contributed by atoms with van der Waals surface area (Å²) in [6, 6.07) is 14.2. The Kier molecular flexibility index (Phi) is 4.49. The van der Waals surface area contributed by atoms with Crippen LogP contribution >= 0.6 is 0 Å². The van der Waals surface area contributed by atoms with Crippen LogP contribution in [0.2, 0.25) is 0 Å². The Morgan fingerprint density at radius 2 is 1.96 bits per heavy atom. The Morgan fingerprint density at radius 1 is 1.21 bits per heavy atom. The predicted octanol–water partition coefficient (Wildman–Crippen LogP) is 2.90. The van der Waals surface area contributed by atoms with Crippen LogP contribution in [0.25, 0.3) is 10.9 Å². The van der Waals surface area contributed by atoms with Gasteiger partial charge in [-0.1, -0.05) is 30.3 Å². The van der Waals surface area contributed by atoms with E-state index in [-0.39, 0.29) is 17.6 Å². The van der Waals surface area contributed by atoms with E-state index in [9.17, 15) is 9.18 Å². The van der Waals surface area contributed by atoms with Crippen molar-refractivity contribution in [2.24, 2.45) is 0 Å². The zero-order valence-electron chi connectivity index (χ0n) is 14.2. The van der Waals surface area contributed by atoms with E-state index in [1.54, 1.807) is 6.07 Å². The predicted molar refractivity (Wildman–Crippen MR) is 93.8 cm³/mol. The fourth-order valence-electron chi connectivity index (χ4n) is 3.16. The lowest BCUT2D eigenvalue weighted by Gasteiger charge is -2.21. The van der Waals surface area contributed by atoms with Crippen LogP contribution in [0, 0.1) is 12.7 Å². The summed E-state index contributed by atoms with van der Waals surface area (Å²) in [7, 11) is 1.97. The van der Waals surface area contributed by atoms with Gasteiger partial charge in [0, 0.05) is 22.2 Å². The van der Waals surface area contributed by atoms with Crippen molar-refractivity contribution in [2.45, 2.75) is 26.4 Å². The molecule has 3 nitrogen and oxygen atoms in total. The first-order valence-corrected chi connectivity index (χ1v) is 8.15. The average Bonchev–Trinajstić information content (AvgIpc) is 2.89. The number of aromatic nitrogens is 1. The zero-order chi connectivity index (χ0) is 17.3. The van der Waals surface area contributed by atoms with Crippen molar-refractivity contribution >= 4 is 16.7 Å². The van der Waals surface area contributed by atoms with Gasteiger partial charge in [-0.15, -0.1) is 0 Å². The molecule has 1 unspecified atom stereocenters. The van der Waals surface area contributed by atoms with Gasteiger partial charge < -0.3 is 9.88 Å². The monoisotopic (exact) mass is 325 g/mol. The van der Waals surface area contributed by atoms with Crippen LogP contribution in [0.15, 0.2) is 48.5 Å². The van der Waals surface area contributed by atoms with Crippen molar-refractivity contribution in [1.82, 2.24) is 4.98 Å². The van der Waals surface area contributed by atoms with Crippen molar-refractivity contribution in [3.63, 3.8) is 0 Å². The van der Waals surface area contributed by atoms with E-state index < -0.39 is 0 Å². The number of hydrogen-bond donors (Lipinski definition) is 2. The first-order chi connectivity index (χ1) is 11.5. The Balaban J connectivity index is 1.84. The number of carbonyl (C=O) groups excluding carboxylic acids is 1. The Morgan fingerprint density at radius 3 is 2.71 bits per heavy atom. The molecule has 24 heavy (non-hydrogen) atoms. The highest BCUT2D eigenvalue weighted by Gasteiger charge is 2.27. The van der Waals surface area contributed by atoms with Crippen molar-refractivity contribution < 1.29 is 14.1 Å². The van der Waals surface area contributed by atoms with E-state index in [4.69, 9.17) is 0 Å². The minimum atomic E-state index is -0.244. The number of carbonyl (C=O) groups is 1. The number of nitrogens with one attached hydrogen (secondary N) is 2. The fourth-order valence-corrected chi connectivity index (χ4v) is 3.16. The molecule has 3 rings (SSSR count). The summed E-state index contributed by atoms with van der Waals surface area (Å²) in [5.74, 6) is -0.134. The number of benzene rings is 2. The number of aromatic amines is 1. The molecule has 124 valence electrons. The van der Waals surface area contributed by atoms with Gasteiger partial charge in [0.2, 0.25) is 5.78 Å². The van der Waals surface area contributed by atoms with Gasteiger partial charge in [-0.05, 0) is 32.0 Å². The lowest BCUT2D eigenvalue weighted by molar-refractivity contribution is -0.907. The second-order valence-electron chi connectivity index (χ2n) is 6.41. The van der Waals surface area contributed by atoms with Gasteiger partial charge in [-0.3, -0.25) is 4.79 Å². The number of para-hydroxylation sites is 1. The zero-order valence-corrected chi connectivity index (χ0v) is 14.2. The van der Waals surface area contributed by atoms with Gasteiger partial charge in [0.05, 0.1) is 12.6 Å². The number of Topliss-reactive ketones (excluding diaryl/α,β-unsaturated/α-hetero) is 1. The first-order valence-electron chi connectivity index (χ1n) is 8.15. The molecule has 0 radical (unpaired) electrons. The molecule has 0 saturated heterocycles. The van der Waals surface area contributed by atoms with Crippen LogP contribution in [0.4, 0.5) is 4.39 Å². The second kappa shape index (κ2) is 6.57. The summed E-state index contributed by atoms with van der Waals surface area (Å²) in [4.78, 5) is 17.3. The summed E-state index contributed by atoms with van der Waals surface area (Å²) in [5.41, 5.74) is 3.53. The van der Waals surface area contributed by atoms with E-state index in [0.717, 1.165) is 32.6 Å². The SMILES string of the molecule is Cc1[nH]c2ccccc2c1C(=O)[C@H](C)[NH+](C)Cc1cccc(F)c1. The summed E-state index contributed by atoms with van der Waals surface area (Å²) < 4.78 is 13.3. The standard InChI is InChI=1S/C20H21FN2O/c1-13-19(17-9-4-5-10-18(17)22-13)20(24)14(2)23(3)12-15-7-6-8-16(21)11-15/h4-11,14,22H,12H2,1-3H3/p+1/t14-/m0/s1. The number of halogens is 1. The Labute approximate surface area is 141 Å². The molecule has 2 aromatic carbocycles. The van der Waals surface area contributed by atoms with Crippen molar-refractivity contribution in [3.05, 3.63) is 71.2 Å². The maximum Gasteiger partial charge on any atom is 0.222 e. The Hall–Kier alpha value is -2.46. The summed E-state index contributed by atoms with van der Waals surface area (Å²) in [6.45, 7) is 4.46. The molecule has 0 bridgehead atoms. The molecule has 2 atom stereocenters. The molecule has 0 amide bonds. The summed E-state index contributed by atoms with van der Waals surface area (Å²) >= 11 is 0. The number of ketones is 1. The van der Waals surface area contributed by atoms with Gasteiger partial charge >= 0.3 is 0 Å². The van der Waals surface area contributed by atoms with E-state index in [1.807, 2.05) is 51.2 Å². The molecular formula is C20H22FN2O+. The molecule has 1 aromatic heterocycles. The topological polar surface area (TPSA) is 37.3 Å². The van der Waals surface area contributed by atoms with E-state index in [1.165, 1.54) is 12.1 Å². The van der Waals surface area contributed by atoms with Gasteiger partial charge in [-0.25, -0.2) is 4.39 Å². The average molecular weight is 325 g/mol. The third kappa shape index (κ3) is 3.10. The van der Waals surface area contributed by atoms with Crippen LogP contribution in [0.3, 0.4) is 0 Å². The van der Waals surface area contributed by atoms with Gasteiger partial charge in [0.1, 0.15) is 18.4 Å². The summed E-state index contributed by atoms with van der Waals surface area (Å²) in [6.07, 6.45) is 0. The lowest BCUT2D eigenvalue weighted by atomic mass is 10.0. The molecule has 0 fully saturated rings. The molecule has 0 spiro atoms. The highest BCUT2D eigenvalue weighted by atomic mass is 19.1. The molecule has 0 aliphatic carbocycles. The minimum Gasteiger partial charge on any atom is -0.358 e. The number of likely N-dealkylation sites (N-methyl/N-ethyl adjacent to an activating group) is 1. The molecular weight excluding hydrogens is 303 g/mol. The summed E-state index contributed by atoms with van der Waals surface area (Å²) in [5, 5.41) is 0.963. The lowest BCUT2D eigenvalue weighted by Crippen LogP contribution is -3.12. The largest absolute Gasteiger partial charge is 0.358 e. The molecule has 0 saturated carbocycles. The van der Waals surface area contributed by atoms with E-state index in [2.05, 4.69) is 4.98 Å². The third-order valence-electron chi connectivity index (χ3n) is 4.64. The highest BCUT2D eigenvalue weighted by Crippen LogP contribution is 2.22. The van der Waals surface area contributed by atoms with Gasteiger partial charge in [-0.2, -0.15) is 0 Å².